The minimum Gasteiger partial charge on any atom is -0.313 e. The van der Waals surface area contributed by atoms with E-state index in [2.05, 4.69) is 54.0 Å². The lowest BCUT2D eigenvalue weighted by Crippen LogP contribution is -2.14. The van der Waals surface area contributed by atoms with E-state index in [0.29, 0.717) is 6.04 Å². The summed E-state index contributed by atoms with van der Waals surface area (Å²) in [6.07, 6.45) is 1.12. The first-order valence-corrected chi connectivity index (χ1v) is 6.54. The van der Waals surface area contributed by atoms with E-state index < -0.39 is 0 Å². The van der Waals surface area contributed by atoms with Gasteiger partial charge in [0.25, 0.3) is 0 Å². The lowest BCUT2D eigenvalue weighted by Gasteiger charge is -2.14. The highest BCUT2D eigenvalue weighted by Gasteiger charge is 2.06. The van der Waals surface area contributed by atoms with Crippen molar-refractivity contribution in [1.29, 1.82) is 0 Å². The monoisotopic (exact) mass is 231 g/mol. The van der Waals surface area contributed by atoms with Gasteiger partial charge in [0.2, 0.25) is 0 Å². The van der Waals surface area contributed by atoms with Crippen molar-refractivity contribution in [2.45, 2.75) is 19.4 Å². The average Bonchev–Trinajstić information content (AvgIpc) is 2.85. The molecule has 0 aliphatic rings. The molecule has 1 unspecified atom stereocenters. The summed E-state index contributed by atoms with van der Waals surface area (Å²) in [5.41, 5.74) is 2.68. The predicted octanol–water partition coefficient (Wildman–Crippen LogP) is 4.09. The van der Waals surface area contributed by atoms with Crippen LogP contribution in [-0.2, 0) is 0 Å². The van der Waals surface area contributed by atoms with Crippen LogP contribution in [0.4, 0.5) is 0 Å². The Morgan fingerprint density at radius 2 is 1.94 bits per heavy atom. The van der Waals surface area contributed by atoms with Crippen LogP contribution < -0.4 is 5.32 Å². The molecule has 0 radical (unpaired) electrons. The lowest BCUT2D eigenvalue weighted by molar-refractivity contribution is 0.577. The molecule has 0 amide bonds. The van der Waals surface area contributed by atoms with Crippen LogP contribution in [0.15, 0.2) is 41.8 Å². The molecule has 2 rings (SSSR count). The molecule has 1 nitrogen and oxygen atoms in total. The Balaban J connectivity index is 2.22. The molecule has 84 valence electrons. The molecule has 1 heterocycles. The molecule has 2 aromatic rings. The zero-order chi connectivity index (χ0) is 11.4. The first kappa shape index (κ1) is 11.4. The number of benzene rings is 1. The summed E-state index contributed by atoms with van der Waals surface area (Å²) < 4.78 is 0. The highest BCUT2D eigenvalue weighted by atomic mass is 32.1. The molecule has 1 aromatic carbocycles. The van der Waals surface area contributed by atoms with Crippen molar-refractivity contribution in [3.05, 3.63) is 47.3 Å². The van der Waals surface area contributed by atoms with Crippen LogP contribution in [-0.4, -0.2) is 7.05 Å². The zero-order valence-corrected chi connectivity index (χ0v) is 10.6. The summed E-state index contributed by atoms with van der Waals surface area (Å²) in [6, 6.07) is 13.6. The second kappa shape index (κ2) is 5.28. The van der Waals surface area contributed by atoms with Crippen LogP contribution in [0.25, 0.3) is 10.4 Å². The van der Waals surface area contributed by atoms with E-state index in [9.17, 15) is 0 Å². The Kier molecular flexibility index (Phi) is 3.75. The van der Waals surface area contributed by atoms with Gasteiger partial charge < -0.3 is 5.32 Å². The van der Waals surface area contributed by atoms with E-state index in [-0.39, 0.29) is 0 Å². The smallest absolute Gasteiger partial charge is 0.0342 e. The molecule has 0 saturated heterocycles. The number of rotatable bonds is 4. The largest absolute Gasteiger partial charge is 0.313 e. The summed E-state index contributed by atoms with van der Waals surface area (Å²) in [4.78, 5) is 1.34. The second-order valence-corrected chi connectivity index (χ2v) is 4.80. The van der Waals surface area contributed by atoms with Crippen molar-refractivity contribution < 1.29 is 0 Å². The minimum atomic E-state index is 0.470. The third kappa shape index (κ3) is 2.34. The van der Waals surface area contributed by atoms with Gasteiger partial charge >= 0.3 is 0 Å². The Bertz CT molecular complexity index is 413. The van der Waals surface area contributed by atoms with Crippen molar-refractivity contribution >= 4 is 11.3 Å². The maximum absolute atomic E-state index is 3.32. The highest BCUT2D eigenvalue weighted by molar-refractivity contribution is 7.13. The van der Waals surface area contributed by atoms with E-state index in [4.69, 9.17) is 0 Å². The zero-order valence-electron chi connectivity index (χ0n) is 9.73. The summed E-state index contributed by atoms with van der Waals surface area (Å²) in [5, 5.41) is 5.44. The van der Waals surface area contributed by atoms with Gasteiger partial charge in [-0.2, -0.15) is 0 Å². The van der Waals surface area contributed by atoms with E-state index >= 15 is 0 Å². The van der Waals surface area contributed by atoms with E-state index in [1.54, 1.807) is 11.3 Å². The van der Waals surface area contributed by atoms with Crippen molar-refractivity contribution in [3.8, 4) is 10.4 Å². The SMILES string of the molecule is CCC(NC)c1ccc(-c2cccs2)cc1. The molecule has 0 aliphatic carbocycles. The van der Waals surface area contributed by atoms with Crippen molar-refractivity contribution in [1.82, 2.24) is 5.32 Å². The minimum absolute atomic E-state index is 0.470. The topological polar surface area (TPSA) is 12.0 Å². The van der Waals surface area contributed by atoms with Crippen molar-refractivity contribution in [3.63, 3.8) is 0 Å². The van der Waals surface area contributed by atoms with Gasteiger partial charge in [-0.3, -0.25) is 0 Å². The molecule has 0 aliphatic heterocycles. The average molecular weight is 231 g/mol. The van der Waals surface area contributed by atoms with Crippen LogP contribution in [0.5, 0.6) is 0 Å². The Hall–Kier alpha value is -1.12. The van der Waals surface area contributed by atoms with Gasteiger partial charge in [-0.15, -0.1) is 11.3 Å². The van der Waals surface area contributed by atoms with Gasteiger partial charge in [0.1, 0.15) is 0 Å². The molecule has 16 heavy (non-hydrogen) atoms. The molecule has 0 bridgehead atoms. The molecule has 0 saturated carbocycles. The quantitative estimate of drug-likeness (QED) is 0.836. The highest BCUT2D eigenvalue weighted by Crippen LogP contribution is 2.26. The normalized spacial score (nSPS) is 12.6. The molecular weight excluding hydrogens is 214 g/mol. The molecule has 1 atom stereocenters. The standard InChI is InChI=1S/C14H17NS/c1-3-13(15-2)11-6-8-12(9-7-11)14-5-4-10-16-14/h4-10,13,15H,3H2,1-2H3. The van der Waals surface area contributed by atoms with Gasteiger partial charge in [0, 0.05) is 10.9 Å². The van der Waals surface area contributed by atoms with Gasteiger partial charge in [-0.25, -0.2) is 0 Å². The fourth-order valence-electron chi connectivity index (χ4n) is 1.93. The molecule has 2 heteroatoms. The van der Waals surface area contributed by atoms with Gasteiger partial charge in [-0.1, -0.05) is 37.3 Å². The van der Waals surface area contributed by atoms with Gasteiger partial charge in [0.05, 0.1) is 0 Å². The predicted molar refractivity (Wildman–Crippen MR) is 71.8 cm³/mol. The Morgan fingerprint density at radius 3 is 2.44 bits per heavy atom. The number of nitrogens with one attached hydrogen (secondary N) is 1. The van der Waals surface area contributed by atoms with Crippen molar-refractivity contribution in [2.24, 2.45) is 0 Å². The van der Waals surface area contributed by atoms with Gasteiger partial charge in [-0.05, 0) is 36.0 Å². The Labute approximate surface area is 101 Å². The summed E-state index contributed by atoms with van der Waals surface area (Å²) in [6.45, 7) is 2.20. The molecule has 1 N–H and O–H groups in total. The van der Waals surface area contributed by atoms with Gasteiger partial charge in [0.15, 0.2) is 0 Å². The Morgan fingerprint density at radius 1 is 1.19 bits per heavy atom. The van der Waals surface area contributed by atoms with Crippen LogP contribution in [0.2, 0.25) is 0 Å². The first-order chi connectivity index (χ1) is 7.85. The van der Waals surface area contributed by atoms with E-state index in [1.807, 2.05) is 7.05 Å². The first-order valence-electron chi connectivity index (χ1n) is 5.66. The van der Waals surface area contributed by atoms with E-state index in [1.165, 1.54) is 16.0 Å². The second-order valence-electron chi connectivity index (χ2n) is 3.85. The van der Waals surface area contributed by atoms with Crippen molar-refractivity contribution in [2.75, 3.05) is 7.05 Å². The molecule has 0 fully saturated rings. The maximum atomic E-state index is 3.32. The summed E-state index contributed by atoms with van der Waals surface area (Å²) in [5.74, 6) is 0. The number of hydrogen-bond acceptors (Lipinski definition) is 2. The molecular formula is C14H17NS. The van der Waals surface area contributed by atoms with Crippen LogP contribution in [0, 0.1) is 0 Å². The fraction of sp³-hybridized carbons (Fsp3) is 0.286. The fourth-order valence-corrected chi connectivity index (χ4v) is 2.66. The molecule has 0 spiro atoms. The summed E-state index contributed by atoms with van der Waals surface area (Å²) >= 11 is 1.79. The van der Waals surface area contributed by atoms with Crippen LogP contribution >= 0.6 is 11.3 Å². The lowest BCUT2D eigenvalue weighted by atomic mass is 10.0. The number of hydrogen-bond donors (Lipinski definition) is 1. The maximum Gasteiger partial charge on any atom is 0.0342 e. The number of thiophene rings is 1. The third-order valence-electron chi connectivity index (χ3n) is 2.88. The third-order valence-corrected chi connectivity index (χ3v) is 3.79. The van der Waals surface area contributed by atoms with E-state index in [0.717, 1.165) is 6.42 Å². The van der Waals surface area contributed by atoms with Crippen LogP contribution in [0.1, 0.15) is 24.9 Å². The molecule has 1 aromatic heterocycles. The summed E-state index contributed by atoms with van der Waals surface area (Å²) in [7, 11) is 2.02. The van der Waals surface area contributed by atoms with Crippen LogP contribution in [0.3, 0.4) is 0 Å².